The molecule has 4 heteroatoms. The van der Waals surface area contributed by atoms with Crippen LogP contribution in [-0.2, 0) is 0 Å². The average molecular weight is 290 g/mol. The van der Waals surface area contributed by atoms with Crippen molar-refractivity contribution in [2.24, 2.45) is 5.92 Å². The van der Waals surface area contributed by atoms with Crippen LogP contribution in [0.3, 0.4) is 0 Å². The lowest BCUT2D eigenvalue weighted by Gasteiger charge is -2.35. The number of fused-ring (bicyclic) bond motifs is 1. The third-order valence-corrected chi connectivity index (χ3v) is 4.49. The third-order valence-electron chi connectivity index (χ3n) is 4.14. The standard InChI is InChI=1S/C16H16ClNO2/c1-10-6-8-18(9-7-10)14-13(17)15(19)11-4-2-3-5-12(11)16(14)20/h2-5,10H,6-9H2,1H3. The molecule has 0 atom stereocenters. The fourth-order valence-electron chi connectivity index (χ4n) is 2.85. The van der Waals surface area contributed by atoms with Crippen LogP contribution in [0.4, 0.5) is 0 Å². The molecule has 1 aliphatic carbocycles. The van der Waals surface area contributed by atoms with Crippen LogP contribution in [0, 0.1) is 5.92 Å². The van der Waals surface area contributed by atoms with E-state index >= 15 is 0 Å². The van der Waals surface area contributed by atoms with E-state index in [1.54, 1.807) is 24.3 Å². The third kappa shape index (κ3) is 2.06. The molecule has 1 saturated heterocycles. The van der Waals surface area contributed by atoms with Crippen LogP contribution in [-0.4, -0.2) is 29.6 Å². The number of piperidine rings is 1. The van der Waals surface area contributed by atoms with Gasteiger partial charge in [0.05, 0.1) is 0 Å². The number of nitrogens with zero attached hydrogens (tertiary/aromatic N) is 1. The Morgan fingerprint density at radius 3 is 2.20 bits per heavy atom. The minimum Gasteiger partial charge on any atom is -0.367 e. The van der Waals surface area contributed by atoms with Gasteiger partial charge in [0.25, 0.3) is 0 Å². The Balaban J connectivity index is 2.01. The summed E-state index contributed by atoms with van der Waals surface area (Å²) in [6.07, 6.45) is 2.05. The fraction of sp³-hybridized carbons (Fsp3) is 0.375. The van der Waals surface area contributed by atoms with Crippen molar-refractivity contribution < 1.29 is 9.59 Å². The van der Waals surface area contributed by atoms with Crippen LogP contribution in [0.1, 0.15) is 40.5 Å². The first-order valence-corrected chi connectivity index (χ1v) is 7.30. The Morgan fingerprint density at radius 1 is 1.05 bits per heavy atom. The average Bonchev–Trinajstić information content (AvgIpc) is 2.47. The monoisotopic (exact) mass is 289 g/mol. The highest BCUT2D eigenvalue weighted by atomic mass is 35.5. The first-order chi connectivity index (χ1) is 9.59. The van der Waals surface area contributed by atoms with Crippen LogP contribution in [0.25, 0.3) is 0 Å². The van der Waals surface area contributed by atoms with Crippen molar-refractivity contribution in [2.45, 2.75) is 19.8 Å². The van der Waals surface area contributed by atoms with Gasteiger partial charge < -0.3 is 4.90 Å². The summed E-state index contributed by atoms with van der Waals surface area (Å²) in [5.41, 5.74) is 1.27. The Labute approximate surface area is 123 Å². The van der Waals surface area contributed by atoms with Gasteiger partial charge in [0.2, 0.25) is 11.6 Å². The molecule has 0 unspecified atom stereocenters. The van der Waals surface area contributed by atoms with Crippen molar-refractivity contribution in [3.05, 3.63) is 46.1 Å². The largest absolute Gasteiger partial charge is 0.367 e. The number of rotatable bonds is 1. The molecule has 1 fully saturated rings. The van der Waals surface area contributed by atoms with Gasteiger partial charge in [0.1, 0.15) is 10.7 Å². The predicted octanol–water partition coefficient (Wildman–Crippen LogP) is 3.25. The van der Waals surface area contributed by atoms with Gasteiger partial charge >= 0.3 is 0 Å². The second-order valence-corrected chi connectivity index (χ2v) is 5.91. The van der Waals surface area contributed by atoms with Gasteiger partial charge in [0.15, 0.2) is 0 Å². The van der Waals surface area contributed by atoms with Crippen molar-refractivity contribution in [1.82, 2.24) is 4.90 Å². The molecule has 104 valence electrons. The SMILES string of the molecule is CC1CCN(C2=C(Cl)C(=O)c3ccccc3C2=O)CC1. The number of carbonyl (C=O) groups is 2. The van der Waals surface area contributed by atoms with Crippen LogP contribution < -0.4 is 0 Å². The number of hydrogen-bond donors (Lipinski definition) is 0. The molecule has 1 aromatic carbocycles. The van der Waals surface area contributed by atoms with Gasteiger partial charge in [-0.3, -0.25) is 9.59 Å². The zero-order valence-electron chi connectivity index (χ0n) is 11.4. The molecule has 0 saturated carbocycles. The number of ketones is 2. The number of hydrogen-bond acceptors (Lipinski definition) is 3. The molecular formula is C16H16ClNO2. The van der Waals surface area contributed by atoms with E-state index in [9.17, 15) is 9.59 Å². The summed E-state index contributed by atoms with van der Waals surface area (Å²) in [5, 5.41) is 0.0725. The van der Waals surface area contributed by atoms with Gasteiger partial charge in [-0.05, 0) is 18.8 Å². The van der Waals surface area contributed by atoms with Crippen molar-refractivity contribution in [1.29, 1.82) is 0 Å². The van der Waals surface area contributed by atoms with E-state index < -0.39 is 0 Å². The van der Waals surface area contributed by atoms with Crippen molar-refractivity contribution in [3.8, 4) is 0 Å². The van der Waals surface area contributed by atoms with E-state index in [0.29, 0.717) is 22.7 Å². The topological polar surface area (TPSA) is 37.4 Å². The van der Waals surface area contributed by atoms with Crippen LogP contribution >= 0.6 is 11.6 Å². The predicted molar refractivity (Wildman–Crippen MR) is 78.0 cm³/mol. The van der Waals surface area contributed by atoms with Crippen LogP contribution in [0.5, 0.6) is 0 Å². The van der Waals surface area contributed by atoms with E-state index in [1.807, 2.05) is 4.90 Å². The molecule has 0 amide bonds. The first kappa shape index (κ1) is 13.4. The molecule has 20 heavy (non-hydrogen) atoms. The van der Waals surface area contributed by atoms with Crippen LogP contribution in [0.15, 0.2) is 35.0 Å². The van der Waals surface area contributed by atoms with E-state index in [0.717, 1.165) is 25.9 Å². The van der Waals surface area contributed by atoms with E-state index in [1.165, 1.54) is 0 Å². The molecule has 1 aromatic rings. The van der Waals surface area contributed by atoms with Gasteiger partial charge in [-0.15, -0.1) is 0 Å². The van der Waals surface area contributed by atoms with Crippen molar-refractivity contribution in [3.63, 3.8) is 0 Å². The zero-order chi connectivity index (χ0) is 14.3. The lowest BCUT2D eigenvalue weighted by Crippen LogP contribution is -2.38. The zero-order valence-corrected chi connectivity index (χ0v) is 12.1. The summed E-state index contributed by atoms with van der Waals surface area (Å²) in [6, 6.07) is 6.89. The number of likely N-dealkylation sites (tertiary alicyclic amines) is 1. The molecule has 0 N–H and O–H groups in total. The van der Waals surface area contributed by atoms with E-state index in [2.05, 4.69) is 6.92 Å². The normalized spacial score (nSPS) is 20.4. The number of carbonyl (C=O) groups excluding carboxylic acids is 2. The highest BCUT2D eigenvalue weighted by molar-refractivity contribution is 6.49. The highest BCUT2D eigenvalue weighted by Gasteiger charge is 2.35. The van der Waals surface area contributed by atoms with Gasteiger partial charge in [0, 0.05) is 24.2 Å². The number of benzene rings is 1. The summed E-state index contributed by atoms with van der Waals surface area (Å²) in [6.45, 7) is 3.78. The van der Waals surface area contributed by atoms with Crippen molar-refractivity contribution >= 4 is 23.2 Å². The fourth-order valence-corrected chi connectivity index (χ4v) is 3.15. The first-order valence-electron chi connectivity index (χ1n) is 6.92. The number of Topliss-reactive ketones (excluding diaryl/α,β-unsaturated/α-hetero) is 2. The number of allylic oxidation sites excluding steroid dienone is 2. The van der Waals surface area contributed by atoms with E-state index in [-0.39, 0.29) is 16.6 Å². The molecule has 0 spiro atoms. The minimum atomic E-state index is -0.240. The molecule has 1 heterocycles. The maximum absolute atomic E-state index is 12.6. The summed E-state index contributed by atoms with van der Waals surface area (Å²) in [4.78, 5) is 26.9. The van der Waals surface area contributed by atoms with E-state index in [4.69, 9.17) is 11.6 Å². The van der Waals surface area contributed by atoms with Gasteiger partial charge in [-0.1, -0.05) is 42.8 Å². The van der Waals surface area contributed by atoms with Gasteiger partial charge in [-0.2, -0.15) is 0 Å². The Hall–Kier alpha value is -1.61. The minimum absolute atomic E-state index is 0.0725. The van der Waals surface area contributed by atoms with Gasteiger partial charge in [-0.25, -0.2) is 0 Å². The Morgan fingerprint density at radius 2 is 1.60 bits per heavy atom. The van der Waals surface area contributed by atoms with Crippen molar-refractivity contribution in [2.75, 3.05) is 13.1 Å². The molecule has 2 aliphatic rings. The quantitative estimate of drug-likeness (QED) is 0.796. The lowest BCUT2D eigenvalue weighted by atomic mass is 9.90. The maximum Gasteiger partial charge on any atom is 0.211 e. The second-order valence-electron chi connectivity index (χ2n) is 5.54. The van der Waals surface area contributed by atoms with Crippen LogP contribution in [0.2, 0.25) is 0 Å². The Kier molecular flexibility index (Phi) is 3.38. The maximum atomic E-state index is 12.6. The molecule has 3 nitrogen and oxygen atoms in total. The summed E-state index contributed by atoms with van der Waals surface area (Å²) < 4.78 is 0. The lowest BCUT2D eigenvalue weighted by molar-refractivity contribution is 0.0933. The second kappa shape index (κ2) is 5.06. The summed E-state index contributed by atoms with van der Waals surface area (Å²) >= 11 is 6.19. The molecule has 1 aliphatic heterocycles. The summed E-state index contributed by atoms with van der Waals surface area (Å²) in [7, 11) is 0. The highest BCUT2D eigenvalue weighted by Crippen LogP contribution is 2.32. The molecule has 0 aromatic heterocycles. The Bertz CT molecular complexity index is 613. The summed E-state index contributed by atoms with van der Waals surface area (Å²) in [5.74, 6) is 0.294. The smallest absolute Gasteiger partial charge is 0.211 e. The molecule has 0 bridgehead atoms. The molecule has 0 radical (unpaired) electrons. The molecule has 3 rings (SSSR count). The number of halogens is 1. The molecular weight excluding hydrogens is 274 g/mol.